The summed E-state index contributed by atoms with van der Waals surface area (Å²) in [5.41, 5.74) is 0. The monoisotopic (exact) mass is 255 g/mol. The first-order valence-corrected chi connectivity index (χ1v) is 6.02. The minimum absolute atomic E-state index is 0.0971. The van der Waals surface area contributed by atoms with Gasteiger partial charge in [-0.1, -0.05) is 6.42 Å². The lowest BCUT2D eigenvalue weighted by atomic mass is 9.91. The van der Waals surface area contributed by atoms with Gasteiger partial charge in [0.1, 0.15) is 6.61 Å². The average Bonchev–Trinajstić information content (AvgIpc) is 2.12. The lowest BCUT2D eigenvalue weighted by Crippen LogP contribution is -2.42. The van der Waals surface area contributed by atoms with Crippen molar-refractivity contribution in [2.75, 3.05) is 32.9 Å². The van der Waals surface area contributed by atoms with Crippen LogP contribution in [-0.2, 0) is 4.74 Å². The van der Waals surface area contributed by atoms with Gasteiger partial charge in [-0.3, -0.25) is 4.90 Å². The lowest BCUT2D eigenvalue weighted by molar-refractivity contribution is -0.174. The number of nitrogens with zero attached hydrogens (tertiary/aromatic N) is 1. The molecule has 1 fully saturated rings. The molecular formula is C11H20F3NO2. The van der Waals surface area contributed by atoms with Crippen LogP contribution < -0.4 is 0 Å². The summed E-state index contributed by atoms with van der Waals surface area (Å²) in [5.74, 6) is 0. The second-order valence-corrected chi connectivity index (χ2v) is 4.37. The Balaban J connectivity index is 2.06. The first-order chi connectivity index (χ1) is 8.03. The van der Waals surface area contributed by atoms with Crippen molar-refractivity contribution in [3.8, 4) is 0 Å². The van der Waals surface area contributed by atoms with Crippen molar-refractivity contribution < 1.29 is 23.0 Å². The van der Waals surface area contributed by atoms with E-state index in [0.717, 1.165) is 12.8 Å². The zero-order chi connectivity index (χ0) is 12.7. The van der Waals surface area contributed by atoms with E-state index in [4.69, 9.17) is 5.11 Å². The lowest BCUT2D eigenvalue weighted by Gasteiger charge is -2.37. The normalized spacial score (nSPS) is 17.5. The van der Waals surface area contributed by atoms with E-state index < -0.39 is 12.8 Å². The second kappa shape index (κ2) is 7.18. The minimum atomic E-state index is -4.24. The van der Waals surface area contributed by atoms with E-state index >= 15 is 0 Å². The smallest absolute Gasteiger partial charge is 0.395 e. The Morgan fingerprint density at radius 1 is 1.24 bits per heavy atom. The van der Waals surface area contributed by atoms with Gasteiger partial charge in [0.15, 0.2) is 0 Å². The van der Waals surface area contributed by atoms with Crippen LogP contribution in [0.2, 0.25) is 0 Å². The third-order valence-corrected chi connectivity index (χ3v) is 2.98. The maximum Gasteiger partial charge on any atom is 0.411 e. The fourth-order valence-electron chi connectivity index (χ4n) is 1.91. The highest BCUT2D eigenvalue weighted by Gasteiger charge is 2.27. The van der Waals surface area contributed by atoms with Crippen LogP contribution in [0.15, 0.2) is 0 Å². The molecule has 1 aliphatic carbocycles. The Morgan fingerprint density at radius 3 is 2.41 bits per heavy atom. The second-order valence-electron chi connectivity index (χ2n) is 4.37. The van der Waals surface area contributed by atoms with Crippen molar-refractivity contribution in [3.05, 3.63) is 0 Å². The summed E-state index contributed by atoms with van der Waals surface area (Å²) >= 11 is 0. The third kappa shape index (κ3) is 6.24. The molecule has 1 saturated carbocycles. The Hall–Kier alpha value is -0.330. The highest BCUT2D eigenvalue weighted by molar-refractivity contribution is 4.79. The summed E-state index contributed by atoms with van der Waals surface area (Å²) in [4.78, 5) is 2.14. The molecule has 1 N–H and O–H groups in total. The van der Waals surface area contributed by atoms with Gasteiger partial charge < -0.3 is 9.84 Å². The van der Waals surface area contributed by atoms with Crippen molar-refractivity contribution >= 4 is 0 Å². The molecule has 0 aromatic heterocycles. The molecule has 0 saturated heterocycles. The van der Waals surface area contributed by atoms with Gasteiger partial charge in [0.2, 0.25) is 0 Å². The molecule has 0 aliphatic heterocycles. The Kier molecular flexibility index (Phi) is 6.22. The quantitative estimate of drug-likeness (QED) is 0.671. The van der Waals surface area contributed by atoms with E-state index in [1.165, 1.54) is 6.42 Å². The summed E-state index contributed by atoms with van der Waals surface area (Å²) in [5, 5.41) is 8.89. The number of hydrogen-bond donors (Lipinski definition) is 1. The van der Waals surface area contributed by atoms with Gasteiger partial charge in [0.25, 0.3) is 0 Å². The molecule has 0 aromatic carbocycles. The number of ether oxygens (including phenoxy) is 1. The molecule has 0 spiro atoms. The molecule has 102 valence electrons. The SMILES string of the molecule is OCCN(CCCOCC(F)(F)F)C1CCC1. The van der Waals surface area contributed by atoms with Crippen LogP contribution in [0.25, 0.3) is 0 Å². The summed E-state index contributed by atoms with van der Waals surface area (Å²) in [7, 11) is 0. The highest BCUT2D eigenvalue weighted by atomic mass is 19.4. The third-order valence-electron chi connectivity index (χ3n) is 2.98. The molecule has 6 heteroatoms. The molecule has 0 radical (unpaired) electrons. The van der Waals surface area contributed by atoms with Gasteiger partial charge in [-0.05, 0) is 19.3 Å². The average molecular weight is 255 g/mol. The molecule has 17 heavy (non-hydrogen) atoms. The molecule has 0 aromatic rings. The number of hydrogen-bond acceptors (Lipinski definition) is 3. The van der Waals surface area contributed by atoms with Gasteiger partial charge >= 0.3 is 6.18 Å². The highest BCUT2D eigenvalue weighted by Crippen LogP contribution is 2.24. The van der Waals surface area contributed by atoms with Gasteiger partial charge in [0, 0.05) is 25.7 Å². The predicted octanol–water partition coefficient (Wildman–Crippen LogP) is 1.80. The van der Waals surface area contributed by atoms with Crippen LogP contribution >= 0.6 is 0 Å². The molecule has 1 rings (SSSR count). The van der Waals surface area contributed by atoms with Gasteiger partial charge in [-0.25, -0.2) is 0 Å². The van der Waals surface area contributed by atoms with E-state index in [9.17, 15) is 13.2 Å². The summed E-state index contributed by atoms with van der Waals surface area (Å²) < 4.78 is 39.9. The van der Waals surface area contributed by atoms with Crippen molar-refractivity contribution in [3.63, 3.8) is 0 Å². The maximum atomic E-state index is 11.8. The van der Waals surface area contributed by atoms with Crippen LogP contribution in [0, 0.1) is 0 Å². The van der Waals surface area contributed by atoms with Crippen LogP contribution in [0.3, 0.4) is 0 Å². The summed E-state index contributed by atoms with van der Waals surface area (Å²) in [6.45, 7) is 0.345. The van der Waals surface area contributed by atoms with Crippen molar-refractivity contribution in [1.29, 1.82) is 0 Å². The van der Waals surface area contributed by atoms with Crippen LogP contribution in [0.1, 0.15) is 25.7 Å². The summed E-state index contributed by atoms with van der Waals surface area (Å²) in [6.07, 6.45) is -0.199. The van der Waals surface area contributed by atoms with E-state index in [-0.39, 0.29) is 13.2 Å². The topological polar surface area (TPSA) is 32.7 Å². The number of halogens is 3. The standard InChI is InChI=1S/C11H20F3NO2/c12-11(13,14)9-17-8-2-5-15(6-7-16)10-3-1-4-10/h10,16H,1-9H2. The van der Waals surface area contributed by atoms with Gasteiger partial charge in [-0.15, -0.1) is 0 Å². The summed E-state index contributed by atoms with van der Waals surface area (Å²) in [6, 6.07) is 0.504. The number of aliphatic hydroxyl groups is 1. The Bertz CT molecular complexity index is 207. The number of rotatable bonds is 8. The molecule has 0 amide bonds. The maximum absolute atomic E-state index is 11.8. The number of alkyl halides is 3. The zero-order valence-corrected chi connectivity index (χ0v) is 9.88. The van der Waals surface area contributed by atoms with Crippen LogP contribution in [0.4, 0.5) is 13.2 Å². The predicted molar refractivity (Wildman–Crippen MR) is 57.8 cm³/mol. The fourth-order valence-corrected chi connectivity index (χ4v) is 1.91. The Morgan fingerprint density at radius 2 is 1.94 bits per heavy atom. The first-order valence-electron chi connectivity index (χ1n) is 6.02. The van der Waals surface area contributed by atoms with E-state index in [0.29, 0.717) is 25.6 Å². The first kappa shape index (κ1) is 14.7. The van der Waals surface area contributed by atoms with Crippen molar-refractivity contribution in [2.24, 2.45) is 0 Å². The molecule has 1 aliphatic rings. The van der Waals surface area contributed by atoms with E-state index in [2.05, 4.69) is 9.64 Å². The zero-order valence-electron chi connectivity index (χ0n) is 9.88. The molecule has 0 heterocycles. The minimum Gasteiger partial charge on any atom is -0.395 e. The number of aliphatic hydroxyl groups excluding tert-OH is 1. The molecule has 3 nitrogen and oxygen atoms in total. The van der Waals surface area contributed by atoms with E-state index in [1.807, 2.05) is 0 Å². The molecule has 0 atom stereocenters. The largest absolute Gasteiger partial charge is 0.411 e. The van der Waals surface area contributed by atoms with Crippen LogP contribution in [-0.4, -0.2) is 55.1 Å². The van der Waals surface area contributed by atoms with Gasteiger partial charge in [-0.2, -0.15) is 13.2 Å². The van der Waals surface area contributed by atoms with Crippen molar-refractivity contribution in [2.45, 2.75) is 37.9 Å². The molecule has 0 bridgehead atoms. The van der Waals surface area contributed by atoms with Crippen LogP contribution in [0.5, 0.6) is 0 Å². The molecular weight excluding hydrogens is 235 g/mol. The Labute approximate surface area is 99.5 Å². The van der Waals surface area contributed by atoms with Crippen molar-refractivity contribution in [1.82, 2.24) is 4.90 Å². The van der Waals surface area contributed by atoms with E-state index in [1.54, 1.807) is 0 Å². The van der Waals surface area contributed by atoms with Gasteiger partial charge in [0.05, 0.1) is 6.61 Å². The molecule has 0 unspecified atom stereocenters. The fraction of sp³-hybridized carbons (Fsp3) is 1.00.